The maximum Gasteiger partial charge on any atom is 0.0259 e. The van der Waals surface area contributed by atoms with E-state index in [-0.39, 0.29) is 0 Å². The first-order chi connectivity index (χ1) is 17.3. The van der Waals surface area contributed by atoms with Gasteiger partial charge in [0.2, 0.25) is 0 Å². The Bertz CT molecular complexity index is 1620. The monoisotopic (exact) mass is 510 g/mol. The molecule has 0 radical (unpaired) electrons. The average molecular weight is 511 g/mol. The van der Waals surface area contributed by atoms with Crippen molar-refractivity contribution in [2.45, 2.75) is 0 Å². The third-order valence-electron chi connectivity index (χ3n) is 6.59. The Morgan fingerprint density at radius 1 is 0.314 bits per heavy atom. The topological polar surface area (TPSA) is 0 Å². The Balaban J connectivity index is 1.37. The maximum absolute atomic E-state index is 3.81. The van der Waals surface area contributed by atoms with Crippen molar-refractivity contribution in [2.75, 3.05) is 0 Å². The summed E-state index contributed by atoms with van der Waals surface area (Å²) in [6.07, 6.45) is 0. The Morgan fingerprint density at radius 3 is 1.26 bits per heavy atom. The fourth-order valence-electron chi connectivity index (χ4n) is 4.81. The van der Waals surface area contributed by atoms with Gasteiger partial charge >= 0.3 is 0 Å². The van der Waals surface area contributed by atoms with Crippen LogP contribution in [0.4, 0.5) is 0 Å². The Morgan fingerprint density at radius 2 is 0.714 bits per heavy atom. The van der Waals surface area contributed by atoms with Crippen LogP contribution in [0.15, 0.2) is 144 Å². The molecule has 0 saturated carbocycles. The smallest absolute Gasteiger partial charge is 0.0259 e. The van der Waals surface area contributed by atoms with Gasteiger partial charge in [0.15, 0.2) is 0 Å². The fourth-order valence-corrected chi connectivity index (χ4v) is 5.42. The van der Waals surface area contributed by atoms with E-state index in [1.807, 2.05) is 6.07 Å². The lowest BCUT2D eigenvalue weighted by atomic mass is 9.91. The van der Waals surface area contributed by atoms with Crippen LogP contribution in [-0.4, -0.2) is 0 Å². The number of rotatable bonds is 4. The van der Waals surface area contributed by atoms with E-state index in [9.17, 15) is 0 Å². The van der Waals surface area contributed by atoms with E-state index in [2.05, 4.69) is 149 Å². The van der Waals surface area contributed by atoms with Crippen LogP contribution in [0, 0.1) is 0 Å². The predicted octanol–water partition coefficient (Wildman–Crippen LogP) is 10.3. The van der Waals surface area contributed by atoms with Gasteiger partial charge in [-0.1, -0.05) is 149 Å². The highest BCUT2D eigenvalue weighted by Gasteiger charge is 2.10. The second-order valence-electron chi connectivity index (χ2n) is 8.71. The molecular formula is C34H23Br. The Kier molecular flexibility index (Phi) is 5.78. The molecular weight excluding hydrogens is 488 g/mol. The summed E-state index contributed by atoms with van der Waals surface area (Å²) in [6.45, 7) is 0. The van der Waals surface area contributed by atoms with Crippen LogP contribution in [0.1, 0.15) is 0 Å². The summed E-state index contributed by atoms with van der Waals surface area (Å²) in [5.41, 5.74) is 9.82. The number of fused-ring (bicyclic) bond motifs is 1. The lowest BCUT2D eigenvalue weighted by Crippen LogP contribution is -1.87. The summed E-state index contributed by atoms with van der Waals surface area (Å²) in [5.74, 6) is 0. The summed E-state index contributed by atoms with van der Waals surface area (Å²) in [5, 5.41) is 2.55. The molecule has 35 heavy (non-hydrogen) atoms. The molecule has 0 spiro atoms. The van der Waals surface area contributed by atoms with Crippen molar-refractivity contribution in [1.82, 2.24) is 0 Å². The molecule has 0 aliphatic heterocycles. The van der Waals surface area contributed by atoms with Crippen LogP contribution >= 0.6 is 15.9 Å². The summed E-state index contributed by atoms with van der Waals surface area (Å²) in [4.78, 5) is 0. The van der Waals surface area contributed by atoms with Gasteiger partial charge in [0.05, 0.1) is 0 Å². The molecule has 6 aromatic carbocycles. The highest BCUT2D eigenvalue weighted by Crippen LogP contribution is 2.37. The molecule has 0 atom stereocenters. The van der Waals surface area contributed by atoms with Gasteiger partial charge in [0, 0.05) is 4.47 Å². The lowest BCUT2D eigenvalue weighted by molar-refractivity contribution is 1.55. The van der Waals surface area contributed by atoms with Crippen molar-refractivity contribution < 1.29 is 0 Å². The summed E-state index contributed by atoms with van der Waals surface area (Å²) in [7, 11) is 0. The van der Waals surface area contributed by atoms with E-state index in [1.54, 1.807) is 0 Å². The second-order valence-corrected chi connectivity index (χ2v) is 9.56. The molecule has 1 heteroatoms. The van der Waals surface area contributed by atoms with E-state index in [0.29, 0.717) is 0 Å². The Labute approximate surface area is 214 Å². The van der Waals surface area contributed by atoms with Gasteiger partial charge in [0.25, 0.3) is 0 Å². The minimum atomic E-state index is 1.10. The van der Waals surface area contributed by atoms with Crippen LogP contribution in [-0.2, 0) is 0 Å². The molecule has 0 amide bonds. The minimum Gasteiger partial charge on any atom is -0.0622 e. The number of benzene rings is 6. The highest BCUT2D eigenvalue weighted by molar-refractivity contribution is 9.10. The molecule has 0 heterocycles. The molecule has 0 aromatic heterocycles. The standard InChI is InChI=1S/C34H23Br/c35-34-23-28(24-9-3-1-4-10-24)19-20-31(34)27-17-15-26(16-18-27)30-22-21-29(25-11-5-2-6-12-25)32-13-7-8-14-33(30)32/h1-23H. The van der Waals surface area contributed by atoms with Gasteiger partial charge in [-0.05, 0) is 61.3 Å². The average Bonchev–Trinajstić information content (AvgIpc) is 2.93. The van der Waals surface area contributed by atoms with Crippen molar-refractivity contribution >= 4 is 26.7 Å². The molecule has 0 aliphatic rings. The zero-order valence-electron chi connectivity index (χ0n) is 19.2. The quantitative estimate of drug-likeness (QED) is 0.221. The highest BCUT2D eigenvalue weighted by atomic mass is 79.9. The van der Waals surface area contributed by atoms with Crippen LogP contribution in [0.2, 0.25) is 0 Å². The summed E-state index contributed by atoms with van der Waals surface area (Å²) >= 11 is 3.81. The van der Waals surface area contributed by atoms with Crippen molar-refractivity contribution in [3.8, 4) is 44.5 Å². The zero-order chi connectivity index (χ0) is 23.6. The molecule has 0 aliphatic carbocycles. The van der Waals surface area contributed by atoms with Crippen LogP contribution < -0.4 is 0 Å². The van der Waals surface area contributed by atoms with E-state index in [4.69, 9.17) is 0 Å². The van der Waals surface area contributed by atoms with E-state index in [0.717, 1.165) is 4.47 Å². The molecule has 0 fully saturated rings. The molecule has 166 valence electrons. The number of hydrogen-bond donors (Lipinski definition) is 0. The van der Waals surface area contributed by atoms with Gasteiger partial charge in [-0.25, -0.2) is 0 Å². The van der Waals surface area contributed by atoms with E-state index in [1.165, 1.54) is 55.3 Å². The molecule has 0 nitrogen and oxygen atoms in total. The number of halogens is 1. The summed E-state index contributed by atoms with van der Waals surface area (Å²) < 4.78 is 1.10. The number of hydrogen-bond acceptors (Lipinski definition) is 0. The normalized spacial score (nSPS) is 11.0. The van der Waals surface area contributed by atoms with Gasteiger partial charge in [-0.15, -0.1) is 0 Å². The lowest BCUT2D eigenvalue weighted by Gasteiger charge is -2.13. The van der Waals surface area contributed by atoms with Crippen molar-refractivity contribution in [2.24, 2.45) is 0 Å². The van der Waals surface area contributed by atoms with Crippen LogP contribution in [0.3, 0.4) is 0 Å². The molecule has 6 rings (SSSR count). The molecule has 0 bridgehead atoms. The third-order valence-corrected chi connectivity index (χ3v) is 7.25. The van der Waals surface area contributed by atoms with Gasteiger partial charge in [-0.3, -0.25) is 0 Å². The fraction of sp³-hybridized carbons (Fsp3) is 0. The Hall–Kier alpha value is -3.94. The van der Waals surface area contributed by atoms with Crippen molar-refractivity contribution in [1.29, 1.82) is 0 Å². The molecule has 0 unspecified atom stereocenters. The predicted molar refractivity (Wildman–Crippen MR) is 153 cm³/mol. The van der Waals surface area contributed by atoms with Gasteiger partial charge in [-0.2, -0.15) is 0 Å². The summed E-state index contributed by atoms with van der Waals surface area (Å²) in [6, 6.07) is 49.8. The minimum absolute atomic E-state index is 1.10. The molecule has 6 aromatic rings. The third kappa shape index (κ3) is 4.20. The largest absolute Gasteiger partial charge is 0.0622 e. The van der Waals surface area contributed by atoms with Gasteiger partial charge < -0.3 is 0 Å². The van der Waals surface area contributed by atoms with E-state index < -0.39 is 0 Å². The first kappa shape index (κ1) is 21.6. The van der Waals surface area contributed by atoms with E-state index >= 15 is 0 Å². The van der Waals surface area contributed by atoms with Crippen molar-refractivity contribution in [3.05, 3.63) is 144 Å². The first-order valence-corrected chi connectivity index (χ1v) is 12.6. The first-order valence-electron chi connectivity index (χ1n) is 11.8. The second kappa shape index (κ2) is 9.37. The molecule has 0 saturated heterocycles. The van der Waals surface area contributed by atoms with Crippen molar-refractivity contribution in [3.63, 3.8) is 0 Å². The zero-order valence-corrected chi connectivity index (χ0v) is 20.7. The van der Waals surface area contributed by atoms with Crippen LogP contribution in [0.25, 0.3) is 55.3 Å². The van der Waals surface area contributed by atoms with Gasteiger partial charge in [0.1, 0.15) is 0 Å². The SMILES string of the molecule is Brc1cc(-c2ccccc2)ccc1-c1ccc(-c2ccc(-c3ccccc3)c3ccccc23)cc1. The molecule has 0 N–H and O–H groups in total. The maximum atomic E-state index is 3.81. The van der Waals surface area contributed by atoms with Crippen LogP contribution in [0.5, 0.6) is 0 Å².